The van der Waals surface area contributed by atoms with E-state index in [1.165, 1.54) is 27.2 Å². The molecule has 1 fully saturated rings. The van der Waals surface area contributed by atoms with Gasteiger partial charge in [-0.15, -0.1) is 16.9 Å². The summed E-state index contributed by atoms with van der Waals surface area (Å²) in [5, 5.41) is 51.2. The smallest absolute Gasteiger partial charge is 0.327 e. The van der Waals surface area contributed by atoms with Gasteiger partial charge in [0.25, 0.3) is 5.56 Å². The molecule has 6 rings (SSSR count). The molecule has 0 aliphatic carbocycles. The molecule has 39 heavy (non-hydrogen) atoms. The molecule has 2 aliphatic heterocycles. The van der Waals surface area contributed by atoms with Gasteiger partial charge in [0.05, 0.1) is 22.3 Å². The lowest BCUT2D eigenvalue weighted by atomic mass is 9.95. The monoisotopic (exact) mass is 614 g/mol. The Morgan fingerprint density at radius 2 is 1.90 bits per heavy atom. The Balaban J connectivity index is 1.52. The van der Waals surface area contributed by atoms with Gasteiger partial charge in [-0.1, -0.05) is 47.7 Å². The molecule has 0 amide bonds. The minimum absolute atomic E-state index is 0.171. The van der Waals surface area contributed by atoms with Crippen LogP contribution in [0.15, 0.2) is 63.0 Å². The SMILES string of the molecule is O=C(O)[C@@H]1CSc2c(-c3cn([C@@H]4OC[C@@H](O)[C@H](O)[C@H]4O)nn3)c(Cc3cccc4ccccc34)c(Br)c(=O)n21. The van der Waals surface area contributed by atoms with Crippen molar-refractivity contribution in [3.63, 3.8) is 0 Å². The summed E-state index contributed by atoms with van der Waals surface area (Å²) in [5.74, 6) is -0.942. The van der Waals surface area contributed by atoms with Crippen LogP contribution in [0.5, 0.6) is 0 Å². The zero-order valence-corrected chi connectivity index (χ0v) is 22.6. The molecule has 2 aromatic heterocycles. The highest BCUT2D eigenvalue weighted by Crippen LogP contribution is 2.43. The average molecular weight is 615 g/mol. The topological polar surface area (TPSA) is 160 Å². The van der Waals surface area contributed by atoms with Gasteiger partial charge in [0.15, 0.2) is 6.23 Å². The molecule has 0 saturated carbocycles. The first kappa shape index (κ1) is 26.2. The molecule has 4 heterocycles. The second-order valence-electron chi connectivity index (χ2n) is 9.48. The van der Waals surface area contributed by atoms with E-state index >= 15 is 0 Å². The lowest BCUT2D eigenvalue weighted by Gasteiger charge is -2.34. The van der Waals surface area contributed by atoms with Crippen molar-refractivity contribution in [1.29, 1.82) is 0 Å². The molecule has 4 N–H and O–H groups in total. The second kappa shape index (κ2) is 10.2. The third-order valence-electron chi connectivity index (χ3n) is 7.13. The van der Waals surface area contributed by atoms with Crippen LogP contribution in [0, 0.1) is 0 Å². The standard InChI is InChI=1S/C26H23BrN4O7S/c27-20-15(8-13-6-3-5-12-4-1-2-7-14(12)13)19(25-31(23(20)35)17(11-39-25)26(36)37)16-9-30(29-28-16)24-22(34)21(33)18(32)10-38-24/h1-7,9,17-18,21-22,24,32-34H,8,10-11H2,(H,36,37)/t17-,18+,21-,22+,24+/m0/s1. The minimum atomic E-state index is -1.46. The van der Waals surface area contributed by atoms with Gasteiger partial charge < -0.3 is 25.2 Å². The number of aliphatic hydroxyl groups excluding tert-OH is 3. The Hall–Kier alpha value is -3.07. The molecule has 202 valence electrons. The lowest BCUT2D eigenvalue weighted by molar-refractivity contribution is -0.214. The van der Waals surface area contributed by atoms with Crippen LogP contribution < -0.4 is 5.56 Å². The summed E-state index contributed by atoms with van der Waals surface area (Å²) in [5.41, 5.74) is 2.02. The number of nitrogens with zero attached hydrogens (tertiary/aromatic N) is 4. The Bertz CT molecular complexity index is 1650. The van der Waals surface area contributed by atoms with Crippen molar-refractivity contribution in [2.45, 2.75) is 42.0 Å². The highest BCUT2D eigenvalue weighted by atomic mass is 79.9. The molecule has 2 aliphatic rings. The first-order valence-electron chi connectivity index (χ1n) is 12.1. The van der Waals surface area contributed by atoms with Gasteiger partial charge in [-0.25, -0.2) is 9.48 Å². The number of carboxylic acid groups (broad SMARTS) is 1. The summed E-state index contributed by atoms with van der Waals surface area (Å²) < 4.78 is 8.27. The van der Waals surface area contributed by atoms with Crippen molar-refractivity contribution in [3.8, 4) is 11.3 Å². The minimum Gasteiger partial charge on any atom is -0.480 e. The van der Waals surface area contributed by atoms with Crippen LogP contribution in [0.25, 0.3) is 22.0 Å². The molecule has 4 aromatic rings. The summed E-state index contributed by atoms with van der Waals surface area (Å²) in [7, 11) is 0. The number of hydrogen-bond acceptors (Lipinski definition) is 9. The predicted octanol–water partition coefficient (Wildman–Crippen LogP) is 1.96. The number of ether oxygens (including phenoxy) is 1. The van der Waals surface area contributed by atoms with E-state index in [1.807, 2.05) is 42.5 Å². The van der Waals surface area contributed by atoms with E-state index in [-0.39, 0.29) is 16.8 Å². The zero-order chi connectivity index (χ0) is 27.4. The van der Waals surface area contributed by atoms with Gasteiger partial charge in [0, 0.05) is 17.7 Å². The Morgan fingerprint density at radius 1 is 1.13 bits per heavy atom. The molecule has 1 saturated heterocycles. The molecular formula is C26H23BrN4O7S. The number of benzene rings is 2. The molecule has 0 radical (unpaired) electrons. The van der Waals surface area contributed by atoms with Crippen molar-refractivity contribution in [2.75, 3.05) is 12.4 Å². The Kier molecular flexibility index (Phi) is 6.81. The largest absolute Gasteiger partial charge is 0.480 e. The molecule has 0 bridgehead atoms. The number of aliphatic carboxylic acids is 1. The van der Waals surface area contributed by atoms with Crippen LogP contribution >= 0.6 is 27.7 Å². The van der Waals surface area contributed by atoms with Crippen LogP contribution in [0.1, 0.15) is 23.4 Å². The fraction of sp³-hybridized carbons (Fsp3) is 0.308. The van der Waals surface area contributed by atoms with Crippen LogP contribution in [-0.4, -0.2) is 76.6 Å². The van der Waals surface area contributed by atoms with Gasteiger partial charge in [-0.05, 0) is 37.8 Å². The van der Waals surface area contributed by atoms with E-state index in [0.717, 1.165) is 16.3 Å². The number of thioether (sulfide) groups is 1. The van der Waals surface area contributed by atoms with Crippen molar-refractivity contribution in [2.24, 2.45) is 0 Å². The molecule has 0 spiro atoms. The van der Waals surface area contributed by atoms with Gasteiger partial charge in [0.2, 0.25) is 0 Å². The number of hydrogen-bond donors (Lipinski definition) is 4. The van der Waals surface area contributed by atoms with Crippen molar-refractivity contribution >= 4 is 44.4 Å². The second-order valence-corrected chi connectivity index (χ2v) is 11.3. The summed E-state index contributed by atoms with van der Waals surface area (Å²) >= 11 is 4.73. The fourth-order valence-corrected chi connectivity index (χ4v) is 6.99. The Morgan fingerprint density at radius 3 is 2.69 bits per heavy atom. The van der Waals surface area contributed by atoms with Crippen LogP contribution in [0.4, 0.5) is 0 Å². The van der Waals surface area contributed by atoms with E-state index in [9.17, 15) is 30.0 Å². The molecule has 13 heteroatoms. The molecule has 0 unspecified atom stereocenters. The third-order valence-corrected chi connectivity index (χ3v) is 9.10. The first-order valence-corrected chi connectivity index (χ1v) is 13.9. The average Bonchev–Trinajstić information content (AvgIpc) is 3.59. The van der Waals surface area contributed by atoms with E-state index in [4.69, 9.17) is 4.74 Å². The molecular weight excluding hydrogens is 592 g/mol. The highest BCUT2D eigenvalue weighted by Gasteiger charge is 2.40. The van der Waals surface area contributed by atoms with Gasteiger partial charge >= 0.3 is 5.97 Å². The van der Waals surface area contributed by atoms with Gasteiger partial charge in [-0.2, -0.15) is 0 Å². The lowest BCUT2D eigenvalue weighted by Crippen LogP contribution is -2.50. The maximum atomic E-state index is 13.5. The zero-order valence-electron chi connectivity index (χ0n) is 20.2. The number of aromatic nitrogens is 4. The van der Waals surface area contributed by atoms with Crippen LogP contribution in [0.3, 0.4) is 0 Å². The van der Waals surface area contributed by atoms with Crippen molar-refractivity contribution < 1.29 is 30.0 Å². The van der Waals surface area contributed by atoms with Gasteiger partial charge in [0.1, 0.15) is 30.0 Å². The van der Waals surface area contributed by atoms with E-state index < -0.39 is 42.1 Å². The number of aliphatic hydroxyl groups is 3. The highest BCUT2D eigenvalue weighted by molar-refractivity contribution is 9.10. The van der Waals surface area contributed by atoms with Gasteiger partial charge in [-0.3, -0.25) is 9.36 Å². The maximum Gasteiger partial charge on any atom is 0.327 e. The third kappa shape index (κ3) is 4.39. The quantitative estimate of drug-likeness (QED) is 0.261. The van der Waals surface area contributed by atoms with E-state index in [2.05, 4.69) is 26.2 Å². The Labute approximate surface area is 233 Å². The van der Waals surface area contributed by atoms with E-state index in [1.54, 1.807) is 0 Å². The van der Waals surface area contributed by atoms with Crippen LogP contribution in [0.2, 0.25) is 0 Å². The summed E-state index contributed by atoms with van der Waals surface area (Å²) in [6, 6.07) is 12.8. The molecule has 5 atom stereocenters. The number of halogens is 1. The normalized spacial score (nSPS) is 24.7. The molecule has 11 nitrogen and oxygen atoms in total. The number of fused-ring (bicyclic) bond motifs is 2. The number of pyridine rings is 1. The van der Waals surface area contributed by atoms with E-state index in [0.29, 0.717) is 28.3 Å². The predicted molar refractivity (Wildman–Crippen MR) is 145 cm³/mol. The number of rotatable bonds is 5. The number of carboxylic acids is 1. The summed E-state index contributed by atoms with van der Waals surface area (Å²) in [6.45, 7) is -0.206. The maximum absolute atomic E-state index is 13.5. The number of carbonyl (C=O) groups is 1. The molecule has 2 aromatic carbocycles. The fourth-order valence-electron chi connectivity index (χ4n) is 5.13. The van der Waals surface area contributed by atoms with Crippen molar-refractivity contribution in [1.82, 2.24) is 19.6 Å². The van der Waals surface area contributed by atoms with Crippen molar-refractivity contribution in [3.05, 3.63) is 74.6 Å². The summed E-state index contributed by atoms with van der Waals surface area (Å²) in [6.07, 6.45) is -3.37. The first-order chi connectivity index (χ1) is 18.8. The summed E-state index contributed by atoms with van der Waals surface area (Å²) in [4.78, 5) is 25.5. The van der Waals surface area contributed by atoms with Crippen LogP contribution in [-0.2, 0) is 16.0 Å².